The summed E-state index contributed by atoms with van der Waals surface area (Å²) in [6, 6.07) is 7.00. The number of benzene rings is 1. The third-order valence-electron chi connectivity index (χ3n) is 3.53. The first kappa shape index (κ1) is 15.6. The van der Waals surface area contributed by atoms with Crippen molar-refractivity contribution in [1.29, 1.82) is 0 Å². The van der Waals surface area contributed by atoms with Gasteiger partial charge < -0.3 is 10.1 Å². The fourth-order valence-electron chi connectivity index (χ4n) is 2.43. The molecular weight excluding hydrogens is 280 g/mol. The molecule has 5 heteroatoms. The van der Waals surface area contributed by atoms with Gasteiger partial charge in [0.25, 0.3) is 0 Å². The number of hydrogen-bond acceptors (Lipinski definition) is 3. The van der Waals surface area contributed by atoms with Crippen LogP contribution in [-0.4, -0.2) is 24.2 Å². The van der Waals surface area contributed by atoms with Crippen LogP contribution in [0.1, 0.15) is 37.8 Å². The summed E-state index contributed by atoms with van der Waals surface area (Å²) >= 11 is 2.00. The molecule has 1 aromatic rings. The first-order valence-electron chi connectivity index (χ1n) is 7.05. The SMILES string of the molecule is CC(NCC1CCCCS1)c1ccccc1OC(F)F. The zero-order chi connectivity index (χ0) is 14.4. The molecule has 112 valence electrons. The van der Waals surface area contributed by atoms with Gasteiger partial charge in [0.2, 0.25) is 0 Å². The van der Waals surface area contributed by atoms with Gasteiger partial charge in [-0.1, -0.05) is 24.6 Å². The fraction of sp³-hybridized carbons (Fsp3) is 0.600. The summed E-state index contributed by atoms with van der Waals surface area (Å²) in [6.45, 7) is 0.118. The summed E-state index contributed by atoms with van der Waals surface area (Å²) in [4.78, 5) is 0. The molecule has 2 rings (SSSR count). The topological polar surface area (TPSA) is 21.3 Å². The summed E-state index contributed by atoms with van der Waals surface area (Å²) in [5, 5.41) is 4.07. The zero-order valence-electron chi connectivity index (χ0n) is 11.6. The molecule has 1 fully saturated rings. The molecule has 1 aliphatic heterocycles. The lowest BCUT2D eigenvalue weighted by Gasteiger charge is -2.24. The van der Waals surface area contributed by atoms with Crippen molar-refractivity contribution in [1.82, 2.24) is 5.32 Å². The largest absolute Gasteiger partial charge is 0.434 e. The van der Waals surface area contributed by atoms with Crippen LogP contribution in [0.4, 0.5) is 8.78 Å². The molecule has 2 atom stereocenters. The predicted octanol–water partition coefficient (Wildman–Crippen LogP) is 4.22. The Morgan fingerprint density at radius 3 is 2.85 bits per heavy atom. The van der Waals surface area contributed by atoms with Crippen LogP contribution in [-0.2, 0) is 0 Å². The number of nitrogens with one attached hydrogen (secondary N) is 1. The maximum Gasteiger partial charge on any atom is 0.387 e. The van der Waals surface area contributed by atoms with Gasteiger partial charge in [0.15, 0.2) is 0 Å². The minimum absolute atomic E-state index is 0.00692. The lowest BCUT2D eigenvalue weighted by Crippen LogP contribution is -2.29. The van der Waals surface area contributed by atoms with E-state index in [9.17, 15) is 8.78 Å². The normalized spacial score (nSPS) is 20.9. The first-order valence-corrected chi connectivity index (χ1v) is 8.10. The highest BCUT2D eigenvalue weighted by molar-refractivity contribution is 7.99. The average molecular weight is 301 g/mol. The van der Waals surface area contributed by atoms with Crippen LogP contribution in [0.2, 0.25) is 0 Å². The minimum atomic E-state index is -2.78. The average Bonchev–Trinajstić information content (AvgIpc) is 2.46. The van der Waals surface area contributed by atoms with Crippen molar-refractivity contribution in [2.75, 3.05) is 12.3 Å². The maximum atomic E-state index is 12.4. The third-order valence-corrected chi connectivity index (χ3v) is 4.93. The number of para-hydroxylation sites is 1. The Morgan fingerprint density at radius 1 is 1.35 bits per heavy atom. The van der Waals surface area contributed by atoms with E-state index in [1.54, 1.807) is 12.1 Å². The molecule has 1 saturated heterocycles. The quantitative estimate of drug-likeness (QED) is 0.850. The Kier molecular flexibility index (Phi) is 6.10. The molecular formula is C15H21F2NOS. The van der Waals surface area contributed by atoms with E-state index in [0.717, 1.165) is 12.1 Å². The number of thioether (sulfide) groups is 1. The molecule has 0 radical (unpaired) electrons. The van der Waals surface area contributed by atoms with Crippen molar-refractivity contribution >= 4 is 11.8 Å². The van der Waals surface area contributed by atoms with Gasteiger partial charge in [-0.15, -0.1) is 0 Å². The van der Waals surface area contributed by atoms with E-state index in [0.29, 0.717) is 5.25 Å². The second kappa shape index (κ2) is 7.84. The monoisotopic (exact) mass is 301 g/mol. The fourth-order valence-corrected chi connectivity index (χ4v) is 3.68. The van der Waals surface area contributed by atoms with Gasteiger partial charge in [0.05, 0.1) is 0 Å². The number of rotatable bonds is 6. The van der Waals surface area contributed by atoms with Crippen molar-refractivity contribution in [3.05, 3.63) is 29.8 Å². The highest BCUT2D eigenvalue weighted by Crippen LogP contribution is 2.28. The Balaban J connectivity index is 1.92. The Hall–Kier alpha value is -0.810. The van der Waals surface area contributed by atoms with Gasteiger partial charge in [-0.3, -0.25) is 0 Å². The smallest absolute Gasteiger partial charge is 0.387 e. The summed E-state index contributed by atoms with van der Waals surface area (Å²) in [5.74, 6) is 1.49. The molecule has 0 amide bonds. The highest BCUT2D eigenvalue weighted by Gasteiger charge is 2.17. The van der Waals surface area contributed by atoms with Gasteiger partial charge in [-0.2, -0.15) is 20.5 Å². The first-order chi connectivity index (χ1) is 9.66. The van der Waals surface area contributed by atoms with E-state index >= 15 is 0 Å². The molecule has 0 saturated carbocycles. The molecule has 1 heterocycles. The molecule has 1 aromatic carbocycles. The zero-order valence-corrected chi connectivity index (χ0v) is 12.5. The minimum Gasteiger partial charge on any atom is -0.434 e. The predicted molar refractivity (Wildman–Crippen MR) is 79.6 cm³/mol. The van der Waals surface area contributed by atoms with Crippen LogP contribution in [0, 0.1) is 0 Å². The summed E-state index contributed by atoms with van der Waals surface area (Å²) < 4.78 is 29.4. The molecule has 2 nitrogen and oxygen atoms in total. The Bertz CT molecular complexity index is 411. The van der Waals surface area contributed by atoms with Crippen molar-refractivity contribution in [3.8, 4) is 5.75 Å². The van der Waals surface area contributed by atoms with Crippen molar-refractivity contribution in [2.45, 2.75) is 44.1 Å². The molecule has 0 aromatic heterocycles. The van der Waals surface area contributed by atoms with E-state index in [1.807, 2.05) is 30.8 Å². The Morgan fingerprint density at radius 2 is 2.15 bits per heavy atom. The van der Waals surface area contributed by atoms with Crippen LogP contribution in [0.5, 0.6) is 5.75 Å². The molecule has 0 spiro atoms. The van der Waals surface area contributed by atoms with Crippen LogP contribution in [0.3, 0.4) is 0 Å². The number of ether oxygens (including phenoxy) is 1. The van der Waals surface area contributed by atoms with Crippen LogP contribution in [0.25, 0.3) is 0 Å². The number of hydrogen-bond donors (Lipinski definition) is 1. The van der Waals surface area contributed by atoms with Gasteiger partial charge in [-0.25, -0.2) is 0 Å². The van der Waals surface area contributed by atoms with Crippen molar-refractivity contribution in [2.24, 2.45) is 0 Å². The van der Waals surface area contributed by atoms with E-state index in [1.165, 1.54) is 25.0 Å². The third kappa shape index (κ3) is 4.63. The molecule has 20 heavy (non-hydrogen) atoms. The maximum absolute atomic E-state index is 12.4. The van der Waals surface area contributed by atoms with E-state index in [4.69, 9.17) is 0 Å². The van der Waals surface area contributed by atoms with E-state index < -0.39 is 6.61 Å². The van der Waals surface area contributed by atoms with E-state index in [2.05, 4.69) is 10.1 Å². The van der Waals surface area contributed by atoms with Crippen LogP contribution in [0.15, 0.2) is 24.3 Å². The van der Waals surface area contributed by atoms with Crippen molar-refractivity contribution < 1.29 is 13.5 Å². The summed E-state index contributed by atoms with van der Waals surface area (Å²) in [7, 11) is 0. The van der Waals surface area contributed by atoms with Gasteiger partial charge >= 0.3 is 6.61 Å². The standard InChI is InChI=1S/C15H21F2NOS/c1-11(18-10-12-6-4-5-9-20-12)13-7-2-3-8-14(13)19-15(16)17/h2-3,7-8,11-12,15,18H,4-6,9-10H2,1H3. The molecule has 1 N–H and O–H groups in total. The summed E-state index contributed by atoms with van der Waals surface area (Å²) in [6.07, 6.45) is 3.83. The second-order valence-corrected chi connectivity index (χ2v) is 6.44. The lowest BCUT2D eigenvalue weighted by molar-refractivity contribution is -0.0506. The summed E-state index contributed by atoms with van der Waals surface area (Å²) in [5.41, 5.74) is 0.786. The van der Waals surface area contributed by atoms with Crippen LogP contribution < -0.4 is 10.1 Å². The highest BCUT2D eigenvalue weighted by atomic mass is 32.2. The van der Waals surface area contributed by atoms with Gasteiger partial charge in [0.1, 0.15) is 5.75 Å². The molecule has 1 aliphatic rings. The van der Waals surface area contributed by atoms with E-state index in [-0.39, 0.29) is 11.8 Å². The second-order valence-electron chi connectivity index (χ2n) is 5.03. The molecule has 0 aliphatic carbocycles. The van der Waals surface area contributed by atoms with Gasteiger partial charge in [-0.05, 0) is 31.6 Å². The number of alkyl halides is 2. The number of halogens is 2. The van der Waals surface area contributed by atoms with Crippen molar-refractivity contribution in [3.63, 3.8) is 0 Å². The van der Waals surface area contributed by atoms with Crippen LogP contribution >= 0.6 is 11.8 Å². The Labute approximate surface area is 123 Å². The molecule has 0 bridgehead atoms. The van der Waals surface area contributed by atoms with Gasteiger partial charge in [0, 0.05) is 23.4 Å². The molecule has 2 unspecified atom stereocenters. The lowest BCUT2D eigenvalue weighted by atomic mass is 10.1.